The molecule has 9 heteroatoms. The fourth-order valence-electron chi connectivity index (χ4n) is 3.78. The molecule has 1 N–H and O–H groups in total. The third-order valence-corrected chi connectivity index (χ3v) is 5.32. The van der Waals surface area contributed by atoms with Crippen molar-refractivity contribution in [1.29, 1.82) is 0 Å². The summed E-state index contributed by atoms with van der Waals surface area (Å²) in [7, 11) is 0. The highest BCUT2D eigenvalue weighted by molar-refractivity contribution is 5.92. The Hall–Kier alpha value is -2.91. The Morgan fingerprint density at radius 3 is 2.41 bits per heavy atom. The van der Waals surface area contributed by atoms with Gasteiger partial charge in [0.15, 0.2) is 28.8 Å². The standard InChI is InChI=1S/C20H22N4O5/c25-19(24-7-5-20(6-8-24)28-11-12-29-20)15-2-4-18(23-22-15)21-14-1-3-16-17(13-14)27-10-9-26-16/h1-4,13H,5-12H2,(H,21,23). The van der Waals surface area contributed by atoms with Gasteiger partial charge in [-0.1, -0.05) is 0 Å². The molecule has 0 radical (unpaired) electrons. The van der Waals surface area contributed by atoms with E-state index in [-0.39, 0.29) is 5.91 Å². The van der Waals surface area contributed by atoms with Crippen LogP contribution in [0.3, 0.4) is 0 Å². The van der Waals surface area contributed by atoms with Gasteiger partial charge >= 0.3 is 0 Å². The minimum Gasteiger partial charge on any atom is -0.486 e. The van der Waals surface area contributed by atoms with Crippen molar-refractivity contribution in [2.24, 2.45) is 0 Å². The molecule has 5 rings (SSSR count). The molecule has 9 nitrogen and oxygen atoms in total. The Kier molecular flexibility index (Phi) is 4.69. The quantitative estimate of drug-likeness (QED) is 0.839. The number of nitrogens with zero attached hydrogens (tertiary/aromatic N) is 3. The van der Waals surface area contributed by atoms with E-state index in [1.807, 2.05) is 18.2 Å². The number of likely N-dealkylation sites (tertiary alicyclic amines) is 1. The van der Waals surface area contributed by atoms with Crippen LogP contribution in [0.15, 0.2) is 30.3 Å². The van der Waals surface area contributed by atoms with E-state index in [1.165, 1.54) is 0 Å². The summed E-state index contributed by atoms with van der Waals surface area (Å²) in [5, 5.41) is 11.4. The topological polar surface area (TPSA) is 95.0 Å². The van der Waals surface area contributed by atoms with E-state index >= 15 is 0 Å². The number of rotatable bonds is 3. The number of hydrogen-bond acceptors (Lipinski definition) is 8. The average molecular weight is 398 g/mol. The van der Waals surface area contributed by atoms with Crippen LogP contribution >= 0.6 is 0 Å². The molecule has 2 aromatic rings. The second kappa shape index (κ2) is 7.49. The van der Waals surface area contributed by atoms with Crippen LogP contribution in [0.5, 0.6) is 11.5 Å². The lowest BCUT2D eigenvalue weighted by Gasteiger charge is -2.37. The minimum absolute atomic E-state index is 0.128. The van der Waals surface area contributed by atoms with Crippen LogP contribution in [-0.2, 0) is 9.47 Å². The summed E-state index contributed by atoms with van der Waals surface area (Å²) in [6.07, 6.45) is 1.35. The Labute approximate surface area is 167 Å². The van der Waals surface area contributed by atoms with E-state index in [9.17, 15) is 4.79 Å². The zero-order valence-electron chi connectivity index (χ0n) is 15.9. The van der Waals surface area contributed by atoms with Gasteiger partial charge in [-0.05, 0) is 24.3 Å². The van der Waals surface area contributed by atoms with Gasteiger partial charge in [0, 0.05) is 37.7 Å². The van der Waals surface area contributed by atoms with Gasteiger partial charge in [-0.15, -0.1) is 10.2 Å². The lowest BCUT2D eigenvalue weighted by molar-refractivity contribution is -0.181. The first-order chi connectivity index (χ1) is 14.2. The second-order valence-electron chi connectivity index (χ2n) is 7.19. The SMILES string of the molecule is O=C(c1ccc(Nc2ccc3c(c2)OCCO3)nn1)N1CCC2(CC1)OCCO2. The first-order valence-electron chi connectivity index (χ1n) is 9.78. The maximum atomic E-state index is 12.7. The normalized spacial score (nSPS) is 19.9. The maximum Gasteiger partial charge on any atom is 0.274 e. The van der Waals surface area contributed by atoms with Crippen LogP contribution in [0, 0.1) is 0 Å². The van der Waals surface area contributed by atoms with E-state index in [0.717, 1.165) is 11.4 Å². The van der Waals surface area contributed by atoms with E-state index in [1.54, 1.807) is 17.0 Å². The third kappa shape index (κ3) is 3.70. The summed E-state index contributed by atoms with van der Waals surface area (Å²) in [6, 6.07) is 9.01. The Balaban J connectivity index is 1.21. The highest BCUT2D eigenvalue weighted by Crippen LogP contribution is 2.34. The molecule has 0 saturated carbocycles. The molecule has 2 fully saturated rings. The smallest absolute Gasteiger partial charge is 0.274 e. The fourth-order valence-corrected chi connectivity index (χ4v) is 3.78. The number of nitrogens with one attached hydrogen (secondary N) is 1. The summed E-state index contributed by atoms with van der Waals surface area (Å²) in [5.41, 5.74) is 1.13. The van der Waals surface area contributed by atoms with E-state index < -0.39 is 5.79 Å². The number of fused-ring (bicyclic) bond motifs is 1. The number of piperidine rings is 1. The number of benzene rings is 1. The van der Waals surface area contributed by atoms with Crippen molar-refractivity contribution in [1.82, 2.24) is 15.1 Å². The molecule has 1 aromatic carbocycles. The van der Waals surface area contributed by atoms with Gasteiger partial charge in [0.25, 0.3) is 5.91 Å². The predicted octanol–water partition coefficient (Wildman–Crippen LogP) is 1.97. The van der Waals surface area contributed by atoms with Crippen LogP contribution in [0.1, 0.15) is 23.3 Å². The third-order valence-electron chi connectivity index (χ3n) is 5.32. The molecule has 4 heterocycles. The van der Waals surface area contributed by atoms with Crippen molar-refractivity contribution < 1.29 is 23.7 Å². The summed E-state index contributed by atoms with van der Waals surface area (Å²) in [6.45, 7) is 3.49. The number of carbonyl (C=O) groups excluding carboxylic acids is 1. The van der Waals surface area contributed by atoms with Gasteiger partial charge in [-0.25, -0.2) is 0 Å². The Morgan fingerprint density at radius 2 is 1.69 bits per heavy atom. The number of hydrogen-bond donors (Lipinski definition) is 1. The molecule has 0 atom stereocenters. The molecular formula is C20H22N4O5. The van der Waals surface area contributed by atoms with E-state index in [2.05, 4.69) is 15.5 Å². The van der Waals surface area contributed by atoms with Gasteiger partial charge in [-0.2, -0.15) is 0 Å². The summed E-state index contributed by atoms with van der Waals surface area (Å²) < 4.78 is 22.5. The number of ether oxygens (including phenoxy) is 4. The molecular weight excluding hydrogens is 376 g/mol. The molecule has 29 heavy (non-hydrogen) atoms. The van der Waals surface area contributed by atoms with E-state index in [0.29, 0.717) is 69.6 Å². The zero-order chi connectivity index (χ0) is 19.7. The van der Waals surface area contributed by atoms with Crippen LogP contribution in [0.2, 0.25) is 0 Å². The van der Waals surface area contributed by atoms with Crippen LogP contribution in [-0.4, -0.2) is 66.3 Å². The van der Waals surface area contributed by atoms with Gasteiger partial charge in [-0.3, -0.25) is 4.79 Å². The molecule has 3 aliphatic rings. The Morgan fingerprint density at radius 1 is 0.931 bits per heavy atom. The Bertz CT molecular complexity index is 888. The molecule has 1 amide bonds. The molecule has 152 valence electrons. The van der Waals surface area contributed by atoms with Crippen molar-refractivity contribution in [3.63, 3.8) is 0 Å². The highest BCUT2D eigenvalue weighted by atomic mass is 16.7. The van der Waals surface area contributed by atoms with Crippen molar-refractivity contribution >= 4 is 17.4 Å². The molecule has 3 aliphatic heterocycles. The van der Waals surface area contributed by atoms with Crippen molar-refractivity contribution in [3.05, 3.63) is 36.0 Å². The molecule has 1 spiro atoms. The first-order valence-corrected chi connectivity index (χ1v) is 9.78. The highest BCUT2D eigenvalue weighted by Gasteiger charge is 2.41. The monoisotopic (exact) mass is 398 g/mol. The summed E-state index contributed by atoms with van der Waals surface area (Å²) in [5.74, 6) is 1.34. The van der Waals surface area contributed by atoms with Gasteiger partial charge in [0.2, 0.25) is 0 Å². The lowest BCUT2D eigenvalue weighted by atomic mass is 10.0. The van der Waals surface area contributed by atoms with Crippen LogP contribution < -0.4 is 14.8 Å². The van der Waals surface area contributed by atoms with Crippen LogP contribution in [0.25, 0.3) is 0 Å². The fraction of sp³-hybridized carbons (Fsp3) is 0.450. The summed E-state index contributed by atoms with van der Waals surface area (Å²) in [4.78, 5) is 14.5. The maximum absolute atomic E-state index is 12.7. The lowest BCUT2D eigenvalue weighted by Crippen LogP contribution is -2.47. The van der Waals surface area contributed by atoms with Crippen molar-refractivity contribution in [3.8, 4) is 11.5 Å². The minimum atomic E-state index is -0.500. The number of aromatic nitrogens is 2. The molecule has 1 aromatic heterocycles. The molecule has 0 aliphatic carbocycles. The van der Waals surface area contributed by atoms with Gasteiger partial charge in [0.05, 0.1) is 13.2 Å². The summed E-state index contributed by atoms with van der Waals surface area (Å²) >= 11 is 0. The number of anilines is 2. The molecule has 0 bridgehead atoms. The average Bonchev–Trinajstić information content (AvgIpc) is 3.22. The number of amides is 1. The number of carbonyl (C=O) groups is 1. The predicted molar refractivity (Wildman–Crippen MR) is 103 cm³/mol. The first kappa shape index (κ1) is 18.1. The zero-order valence-corrected chi connectivity index (χ0v) is 15.9. The van der Waals surface area contributed by atoms with Crippen LogP contribution in [0.4, 0.5) is 11.5 Å². The molecule has 0 unspecified atom stereocenters. The van der Waals surface area contributed by atoms with E-state index in [4.69, 9.17) is 18.9 Å². The van der Waals surface area contributed by atoms with Gasteiger partial charge in [0.1, 0.15) is 13.2 Å². The molecule has 2 saturated heterocycles. The van der Waals surface area contributed by atoms with Crippen molar-refractivity contribution in [2.45, 2.75) is 18.6 Å². The van der Waals surface area contributed by atoms with Gasteiger partial charge < -0.3 is 29.2 Å². The largest absolute Gasteiger partial charge is 0.486 e. The second-order valence-corrected chi connectivity index (χ2v) is 7.19. The van der Waals surface area contributed by atoms with Crippen molar-refractivity contribution in [2.75, 3.05) is 44.8 Å².